The summed E-state index contributed by atoms with van der Waals surface area (Å²) < 4.78 is 13.3. The van der Waals surface area contributed by atoms with Gasteiger partial charge in [0.1, 0.15) is 5.82 Å². The minimum atomic E-state index is -0.291. The van der Waals surface area contributed by atoms with Gasteiger partial charge in [0.15, 0.2) is 0 Å². The van der Waals surface area contributed by atoms with Crippen LogP contribution in [0.25, 0.3) is 0 Å². The predicted octanol–water partition coefficient (Wildman–Crippen LogP) is 3.98. The minimum absolute atomic E-state index is 0.291. The van der Waals surface area contributed by atoms with Crippen molar-refractivity contribution < 1.29 is 4.39 Å². The summed E-state index contributed by atoms with van der Waals surface area (Å²) in [6.07, 6.45) is 0. The average molecular weight is 265 g/mol. The Morgan fingerprint density at radius 2 is 2.06 bits per heavy atom. The molecule has 2 aromatic carbocycles. The van der Waals surface area contributed by atoms with Crippen LogP contribution in [0.1, 0.15) is 11.1 Å². The lowest BCUT2D eigenvalue weighted by atomic mass is 10.1. The van der Waals surface area contributed by atoms with Gasteiger partial charge < -0.3 is 11.1 Å². The minimum Gasteiger partial charge on any atom is -0.397 e. The zero-order chi connectivity index (χ0) is 13.1. The lowest BCUT2D eigenvalue weighted by Gasteiger charge is -2.11. The Morgan fingerprint density at radius 3 is 2.78 bits per heavy atom. The number of benzene rings is 2. The summed E-state index contributed by atoms with van der Waals surface area (Å²) in [7, 11) is 0. The van der Waals surface area contributed by atoms with E-state index in [4.69, 9.17) is 17.3 Å². The molecule has 3 N–H and O–H groups in total. The van der Waals surface area contributed by atoms with Gasteiger partial charge in [0.05, 0.1) is 11.4 Å². The van der Waals surface area contributed by atoms with Gasteiger partial charge in [-0.15, -0.1) is 0 Å². The molecule has 2 rings (SSSR count). The van der Waals surface area contributed by atoms with Crippen LogP contribution in [-0.4, -0.2) is 0 Å². The third-order valence-corrected chi connectivity index (χ3v) is 2.94. The average Bonchev–Trinajstić information content (AvgIpc) is 2.32. The molecule has 0 bridgehead atoms. The SMILES string of the molecule is Cc1cc(NCc2cccc(Cl)c2)c(N)cc1F. The number of anilines is 2. The van der Waals surface area contributed by atoms with Gasteiger partial charge in [-0.25, -0.2) is 4.39 Å². The van der Waals surface area contributed by atoms with Crippen LogP contribution in [0, 0.1) is 12.7 Å². The Bertz CT molecular complexity index is 570. The molecule has 0 aromatic heterocycles. The predicted molar refractivity (Wildman–Crippen MR) is 74.3 cm³/mol. The number of hydrogen-bond donors (Lipinski definition) is 2. The normalized spacial score (nSPS) is 10.4. The number of halogens is 2. The van der Waals surface area contributed by atoms with Gasteiger partial charge in [0.2, 0.25) is 0 Å². The maximum Gasteiger partial charge on any atom is 0.128 e. The number of nitrogens with two attached hydrogens (primary N) is 1. The van der Waals surface area contributed by atoms with E-state index in [1.807, 2.05) is 24.3 Å². The van der Waals surface area contributed by atoms with E-state index < -0.39 is 0 Å². The van der Waals surface area contributed by atoms with Crippen LogP contribution in [-0.2, 0) is 6.54 Å². The molecule has 0 unspecified atom stereocenters. The van der Waals surface area contributed by atoms with Crippen molar-refractivity contribution in [2.24, 2.45) is 0 Å². The fourth-order valence-corrected chi connectivity index (χ4v) is 1.91. The molecule has 0 saturated heterocycles. The first-order chi connectivity index (χ1) is 8.56. The van der Waals surface area contributed by atoms with E-state index in [0.29, 0.717) is 22.8 Å². The standard InChI is InChI=1S/C14H14ClFN2/c1-9-5-14(13(17)7-12(9)16)18-8-10-3-2-4-11(15)6-10/h2-7,18H,8,17H2,1H3. The largest absolute Gasteiger partial charge is 0.397 e. The first kappa shape index (κ1) is 12.7. The second-order valence-electron chi connectivity index (χ2n) is 4.17. The molecular weight excluding hydrogens is 251 g/mol. The van der Waals surface area contributed by atoms with E-state index in [2.05, 4.69) is 5.32 Å². The van der Waals surface area contributed by atoms with E-state index in [1.54, 1.807) is 13.0 Å². The van der Waals surface area contributed by atoms with Gasteiger partial charge in [-0.2, -0.15) is 0 Å². The van der Waals surface area contributed by atoms with Gasteiger partial charge >= 0.3 is 0 Å². The summed E-state index contributed by atoms with van der Waals surface area (Å²) in [6.45, 7) is 2.30. The van der Waals surface area contributed by atoms with E-state index in [-0.39, 0.29) is 5.82 Å². The topological polar surface area (TPSA) is 38.0 Å². The lowest BCUT2D eigenvalue weighted by molar-refractivity contribution is 0.619. The van der Waals surface area contributed by atoms with Crippen molar-refractivity contribution in [2.75, 3.05) is 11.1 Å². The number of hydrogen-bond acceptors (Lipinski definition) is 2. The Labute approximate surface area is 111 Å². The molecule has 0 heterocycles. The van der Waals surface area contributed by atoms with Crippen LogP contribution in [0.2, 0.25) is 5.02 Å². The fourth-order valence-electron chi connectivity index (χ4n) is 1.69. The smallest absolute Gasteiger partial charge is 0.128 e. The highest BCUT2D eigenvalue weighted by Gasteiger charge is 2.04. The zero-order valence-electron chi connectivity index (χ0n) is 10.0. The summed E-state index contributed by atoms with van der Waals surface area (Å²) in [6, 6.07) is 10.6. The lowest BCUT2D eigenvalue weighted by Crippen LogP contribution is -2.03. The van der Waals surface area contributed by atoms with Crippen molar-refractivity contribution in [2.45, 2.75) is 13.5 Å². The molecule has 94 valence electrons. The summed E-state index contributed by atoms with van der Waals surface area (Å²) >= 11 is 5.90. The quantitative estimate of drug-likeness (QED) is 0.823. The molecule has 0 aliphatic carbocycles. The van der Waals surface area contributed by atoms with Crippen LogP contribution >= 0.6 is 11.6 Å². The molecule has 0 aliphatic heterocycles. The highest BCUT2D eigenvalue weighted by molar-refractivity contribution is 6.30. The van der Waals surface area contributed by atoms with Crippen LogP contribution in [0.4, 0.5) is 15.8 Å². The molecule has 0 spiro atoms. The van der Waals surface area contributed by atoms with Gasteiger partial charge in [-0.05, 0) is 42.3 Å². The molecule has 0 saturated carbocycles. The third kappa shape index (κ3) is 2.93. The first-order valence-electron chi connectivity index (χ1n) is 5.60. The third-order valence-electron chi connectivity index (χ3n) is 2.70. The zero-order valence-corrected chi connectivity index (χ0v) is 10.8. The molecule has 0 fully saturated rings. The Kier molecular flexibility index (Phi) is 3.72. The van der Waals surface area contributed by atoms with Gasteiger partial charge in [0, 0.05) is 11.6 Å². The van der Waals surface area contributed by atoms with Gasteiger partial charge in [-0.1, -0.05) is 23.7 Å². The molecule has 0 amide bonds. The number of nitrogens with one attached hydrogen (secondary N) is 1. The van der Waals surface area contributed by atoms with Crippen molar-refractivity contribution >= 4 is 23.0 Å². The molecule has 0 aliphatic rings. The Morgan fingerprint density at radius 1 is 1.28 bits per heavy atom. The highest BCUT2D eigenvalue weighted by Crippen LogP contribution is 2.23. The van der Waals surface area contributed by atoms with Crippen LogP contribution in [0.3, 0.4) is 0 Å². The van der Waals surface area contributed by atoms with E-state index >= 15 is 0 Å². The second kappa shape index (κ2) is 5.27. The van der Waals surface area contributed by atoms with E-state index in [1.165, 1.54) is 6.07 Å². The van der Waals surface area contributed by atoms with E-state index in [0.717, 1.165) is 11.3 Å². The molecule has 2 aromatic rings. The van der Waals surface area contributed by atoms with Gasteiger partial charge in [0.25, 0.3) is 0 Å². The monoisotopic (exact) mass is 264 g/mol. The van der Waals surface area contributed by atoms with Crippen molar-refractivity contribution in [1.82, 2.24) is 0 Å². The van der Waals surface area contributed by atoms with E-state index in [9.17, 15) is 4.39 Å². The summed E-state index contributed by atoms with van der Waals surface area (Å²) in [5, 5.41) is 3.87. The summed E-state index contributed by atoms with van der Waals surface area (Å²) in [5.74, 6) is -0.291. The molecule has 2 nitrogen and oxygen atoms in total. The Hall–Kier alpha value is -1.74. The summed E-state index contributed by atoms with van der Waals surface area (Å²) in [4.78, 5) is 0. The maximum atomic E-state index is 13.3. The van der Waals surface area contributed by atoms with Crippen LogP contribution < -0.4 is 11.1 Å². The number of aryl methyl sites for hydroxylation is 1. The maximum absolute atomic E-state index is 13.3. The molecule has 0 atom stereocenters. The molecular formula is C14H14ClFN2. The molecule has 0 radical (unpaired) electrons. The van der Waals surface area contributed by atoms with Crippen molar-refractivity contribution in [3.05, 3.63) is 58.4 Å². The highest BCUT2D eigenvalue weighted by atomic mass is 35.5. The molecule has 18 heavy (non-hydrogen) atoms. The Balaban J connectivity index is 2.13. The number of nitrogen functional groups attached to an aromatic ring is 1. The van der Waals surface area contributed by atoms with Crippen molar-refractivity contribution in [3.63, 3.8) is 0 Å². The van der Waals surface area contributed by atoms with Gasteiger partial charge in [-0.3, -0.25) is 0 Å². The van der Waals surface area contributed by atoms with Crippen LogP contribution in [0.5, 0.6) is 0 Å². The van der Waals surface area contributed by atoms with Crippen LogP contribution in [0.15, 0.2) is 36.4 Å². The van der Waals surface area contributed by atoms with Crippen molar-refractivity contribution in [1.29, 1.82) is 0 Å². The van der Waals surface area contributed by atoms with Crippen molar-refractivity contribution in [3.8, 4) is 0 Å². The second-order valence-corrected chi connectivity index (χ2v) is 4.61. The number of rotatable bonds is 3. The molecule has 4 heteroatoms. The first-order valence-corrected chi connectivity index (χ1v) is 5.98. The fraction of sp³-hybridized carbons (Fsp3) is 0.143. The summed E-state index contributed by atoms with van der Waals surface area (Å²) in [5.41, 5.74) is 8.50.